The first-order valence-electron chi connectivity index (χ1n) is 8.81. The van der Waals surface area contributed by atoms with E-state index in [9.17, 15) is 15.3 Å². The number of rotatable bonds is 7. The van der Waals surface area contributed by atoms with Crippen LogP contribution >= 0.6 is 0 Å². The van der Waals surface area contributed by atoms with Crippen molar-refractivity contribution in [3.8, 4) is 33.9 Å². The number of nitrogens with zero attached hydrogens (tertiary/aromatic N) is 1. The van der Waals surface area contributed by atoms with Crippen LogP contribution in [0.2, 0.25) is 0 Å². The van der Waals surface area contributed by atoms with Crippen molar-refractivity contribution in [2.75, 3.05) is 14.2 Å². The third kappa shape index (κ3) is 3.84. The van der Waals surface area contributed by atoms with E-state index < -0.39 is 0 Å². The number of methoxy groups -OCH3 is 2. The molecule has 0 bridgehead atoms. The number of pyridine rings is 1. The van der Waals surface area contributed by atoms with E-state index in [-0.39, 0.29) is 19.8 Å². The van der Waals surface area contributed by atoms with Gasteiger partial charge in [0.25, 0.3) is 0 Å². The summed E-state index contributed by atoms with van der Waals surface area (Å²) in [5.74, 6) is 1.28. The summed E-state index contributed by atoms with van der Waals surface area (Å²) in [4.78, 5) is 4.54. The lowest BCUT2D eigenvalue weighted by Crippen LogP contribution is -2.02. The van der Waals surface area contributed by atoms with Crippen molar-refractivity contribution in [2.45, 2.75) is 19.8 Å². The monoisotopic (exact) mass is 381 g/mol. The Hall–Kier alpha value is -2.93. The summed E-state index contributed by atoms with van der Waals surface area (Å²) in [7, 11) is 3.18. The molecule has 0 saturated carbocycles. The highest BCUT2D eigenvalue weighted by atomic mass is 16.5. The Morgan fingerprint density at radius 1 is 0.714 bits per heavy atom. The van der Waals surface area contributed by atoms with Crippen molar-refractivity contribution in [3.05, 3.63) is 65.4 Å². The number of aromatic nitrogens is 1. The van der Waals surface area contributed by atoms with Crippen LogP contribution < -0.4 is 9.47 Å². The van der Waals surface area contributed by atoms with Gasteiger partial charge in [-0.2, -0.15) is 0 Å². The van der Waals surface area contributed by atoms with Gasteiger partial charge < -0.3 is 24.8 Å². The largest absolute Gasteiger partial charge is 0.493 e. The second-order valence-electron chi connectivity index (χ2n) is 6.25. The van der Waals surface area contributed by atoms with Crippen molar-refractivity contribution in [3.63, 3.8) is 0 Å². The number of benzene rings is 2. The van der Waals surface area contributed by atoms with Gasteiger partial charge in [-0.1, -0.05) is 6.07 Å². The number of aliphatic hydroxyl groups is 3. The molecule has 0 atom stereocenters. The van der Waals surface area contributed by atoms with E-state index >= 15 is 0 Å². The summed E-state index contributed by atoms with van der Waals surface area (Å²) in [6.07, 6.45) is 1.74. The van der Waals surface area contributed by atoms with Gasteiger partial charge in [0, 0.05) is 17.3 Å². The molecule has 0 unspecified atom stereocenters. The molecule has 0 aliphatic heterocycles. The molecule has 146 valence electrons. The van der Waals surface area contributed by atoms with Crippen LogP contribution in [0.5, 0.6) is 11.5 Å². The molecular formula is C22H23NO5. The van der Waals surface area contributed by atoms with E-state index in [0.717, 1.165) is 22.4 Å². The van der Waals surface area contributed by atoms with Crippen LogP contribution in [0.25, 0.3) is 22.4 Å². The zero-order chi connectivity index (χ0) is 20.1. The van der Waals surface area contributed by atoms with Gasteiger partial charge in [0.05, 0.1) is 39.7 Å². The molecule has 6 nitrogen and oxygen atoms in total. The van der Waals surface area contributed by atoms with E-state index in [4.69, 9.17) is 9.47 Å². The first kappa shape index (κ1) is 19.8. The summed E-state index contributed by atoms with van der Waals surface area (Å²) >= 11 is 0. The summed E-state index contributed by atoms with van der Waals surface area (Å²) < 4.78 is 10.6. The van der Waals surface area contributed by atoms with Crippen LogP contribution in [0.1, 0.15) is 16.7 Å². The van der Waals surface area contributed by atoms with Gasteiger partial charge in [-0.05, 0) is 58.7 Å². The van der Waals surface area contributed by atoms with Crippen LogP contribution in [0.15, 0.2) is 48.7 Å². The zero-order valence-corrected chi connectivity index (χ0v) is 15.8. The molecule has 2 aromatic carbocycles. The van der Waals surface area contributed by atoms with Gasteiger partial charge in [0.2, 0.25) is 0 Å². The molecule has 0 saturated heterocycles. The number of hydrogen-bond donors (Lipinski definition) is 3. The average Bonchev–Trinajstić information content (AvgIpc) is 2.77. The predicted molar refractivity (Wildman–Crippen MR) is 106 cm³/mol. The summed E-state index contributed by atoms with van der Waals surface area (Å²) in [6.45, 7) is -0.662. The molecule has 3 rings (SSSR count). The second kappa shape index (κ2) is 8.84. The first-order valence-corrected chi connectivity index (χ1v) is 8.81. The van der Waals surface area contributed by atoms with Crippen LogP contribution in [-0.2, 0) is 19.8 Å². The van der Waals surface area contributed by atoms with E-state index in [1.807, 2.05) is 30.3 Å². The van der Waals surface area contributed by atoms with Crippen LogP contribution in [-0.4, -0.2) is 34.5 Å². The quantitative estimate of drug-likeness (QED) is 0.583. The highest BCUT2D eigenvalue weighted by Gasteiger charge is 2.12. The number of aliphatic hydroxyl groups excluding tert-OH is 3. The van der Waals surface area contributed by atoms with Crippen LogP contribution in [0.4, 0.5) is 0 Å². The molecule has 0 spiro atoms. The maximum absolute atomic E-state index is 9.60. The molecule has 0 radical (unpaired) electrons. The Bertz CT molecular complexity index is 929. The van der Waals surface area contributed by atoms with Crippen molar-refractivity contribution in [1.29, 1.82) is 0 Å². The predicted octanol–water partition coefficient (Wildman–Crippen LogP) is 2.91. The van der Waals surface area contributed by atoms with Crippen LogP contribution in [0, 0.1) is 0 Å². The fraction of sp³-hybridized carbons (Fsp3) is 0.227. The fourth-order valence-electron chi connectivity index (χ4n) is 3.18. The van der Waals surface area contributed by atoms with Crippen molar-refractivity contribution in [2.24, 2.45) is 0 Å². The summed E-state index contributed by atoms with van der Waals surface area (Å²) in [5.41, 5.74) is 5.08. The zero-order valence-electron chi connectivity index (χ0n) is 15.8. The average molecular weight is 381 g/mol. The molecule has 0 aliphatic carbocycles. The first-order chi connectivity index (χ1) is 13.6. The third-order valence-electron chi connectivity index (χ3n) is 4.71. The lowest BCUT2D eigenvalue weighted by Gasteiger charge is -2.14. The molecule has 0 aliphatic rings. The number of ether oxygens (including phenoxy) is 2. The lowest BCUT2D eigenvalue weighted by molar-refractivity contribution is 0.248. The Kier molecular flexibility index (Phi) is 6.26. The van der Waals surface area contributed by atoms with Gasteiger partial charge in [-0.15, -0.1) is 0 Å². The van der Waals surface area contributed by atoms with Crippen molar-refractivity contribution >= 4 is 0 Å². The maximum atomic E-state index is 9.60. The molecule has 1 heterocycles. The lowest BCUT2D eigenvalue weighted by atomic mass is 9.95. The minimum Gasteiger partial charge on any atom is -0.493 e. The van der Waals surface area contributed by atoms with Crippen molar-refractivity contribution in [1.82, 2.24) is 4.98 Å². The minimum absolute atomic E-state index is 0.214. The van der Waals surface area contributed by atoms with E-state index in [2.05, 4.69) is 4.98 Å². The topological polar surface area (TPSA) is 92.0 Å². The van der Waals surface area contributed by atoms with E-state index in [1.165, 1.54) is 0 Å². The smallest absolute Gasteiger partial charge is 0.161 e. The Labute approximate surface area is 163 Å². The number of hydrogen-bond acceptors (Lipinski definition) is 6. The van der Waals surface area contributed by atoms with E-state index in [1.54, 1.807) is 32.5 Å². The SMILES string of the molecule is COc1ccc(-c2ccc(-c3cc(CO)c(CO)c(CO)c3)cn2)cc1OC. The molecule has 28 heavy (non-hydrogen) atoms. The molecule has 1 aromatic heterocycles. The third-order valence-corrected chi connectivity index (χ3v) is 4.71. The molecule has 3 N–H and O–H groups in total. The van der Waals surface area contributed by atoms with E-state index in [0.29, 0.717) is 28.2 Å². The second-order valence-corrected chi connectivity index (χ2v) is 6.25. The standard InChI is InChI=1S/C22H23NO5/c1-27-21-6-4-14(9-22(21)28-2)20-5-3-15(10-23-20)16-7-17(11-24)19(13-26)18(8-16)12-25/h3-10,24-26H,11-13H2,1-2H3. The molecule has 0 fully saturated rings. The summed E-state index contributed by atoms with van der Waals surface area (Å²) in [6, 6.07) is 13.0. The van der Waals surface area contributed by atoms with Gasteiger partial charge in [-0.3, -0.25) is 4.98 Å². The molecule has 3 aromatic rings. The Balaban J connectivity index is 1.97. The Morgan fingerprint density at radius 3 is 1.86 bits per heavy atom. The molecular weight excluding hydrogens is 358 g/mol. The Morgan fingerprint density at radius 2 is 1.36 bits per heavy atom. The fourth-order valence-corrected chi connectivity index (χ4v) is 3.18. The molecule has 6 heteroatoms. The normalized spacial score (nSPS) is 10.8. The van der Waals surface area contributed by atoms with Gasteiger partial charge in [0.15, 0.2) is 11.5 Å². The minimum atomic E-state index is -0.234. The maximum Gasteiger partial charge on any atom is 0.161 e. The molecule has 0 amide bonds. The van der Waals surface area contributed by atoms with Gasteiger partial charge in [0.1, 0.15) is 0 Å². The summed E-state index contributed by atoms with van der Waals surface area (Å²) in [5, 5.41) is 28.7. The van der Waals surface area contributed by atoms with Gasteiger partial charge in [-0.25, -0.2) is 0 Å². The van der Waals surface area contributed by atoms with Crippen LogP contribution in [0.3, 0.4) is 0 Å². The van der Waals surface area contributed by atoms with Gasteiger partial charge >= 0.3 is 0 Å². The highest BCUT2D eigenvalue weighted by molar-refractivity contribution is 5.70. The van der Waals surface area contributed by atoms with Crippen molar-refractivity contribution < 1.29 is 24.8 Å². The highest BCUT2D eigenvalue weighted by Crippen LogP contribution is 2.32.